The van der Waals surface area contributed by atoms with Gasteiger partial charge in [0.05, 0.1) is 6.10 Å². The van der Waals surface area contributed by atoms with Gasteiger partial charge in [-0.3, -0.25) is 0 Å². The Labute approximate surface area is 109 Å². The summed E-state index contributed by atoms with van der Waals surface area (Å²) in [6, 6.07) is 4.99. The summed E-state index contributed by atoms with van der Waals surface area (Å²) < 4.78 is 13.8. The van der Waals surface area contributed by atoms with E-state index in [2.05, 4.69) is 13.8 Å². The van der Waals surface area contributed by atoms with Crippen LogP contribution in [0.4, 0.5) is 4.39 Å². The maximum Gasteiger partial charge on any atom is 0.129 e. The second-order valence-corrected chi connectivity index (χ2v) is 6.15. The lowest BCUT2D eigenvalue weighted by atomic mass is 9.73. The fraction of sp³-hybridized carbons (Fsp3) is 0.625. The highest BCUT2D eigenvalue weighted by Crippen LogP contribution is 2.40. The van der Waals surface area contributed by atoms with Gasteiger partial charge in [0.15, 0.2) is 0 Å². The summed E-state index contributed by atoms with van der Waals surface area (Å²) in [4.78, 5) is 0. The number of aliphatic hydroxyl groups excluding tert-OH is 1. The van der Waals surface area contributed by atoms with Gasteiger partial charge in [-0.15, -0.1) is 0 Å². The predicted molar refractivity (Wildman–Crippen MR) is 71.8 cm³/mol. The Morgan fingerprint density at radius 3 is 2.39 bits per heavy atom. The summed E-state index contributed by atoms with van der Waals surface area (Å²) in [5, 5.41) is 10.4. The van der Waals surface area contributed by atoms with E-state index >= 15 is 0 Å². The lowest BCUT2D eigenvalue weighted by molar-refractivity contribution is 0.0526. The third-order valence-corrected chi connectivity index (χ3v) is 4.13. The molecule has 1 fully saturated rings. The van der Waals surface area contributed by atoms with Gasteiger partial charge in [-0.05, 0) is 50.0 Å². The average Bonchev–Trinajstić information content (AvgIpc) is 2.30. The van der Waals surface area contributed by atoms with Crippen molar-refractivity contribution in [1.82, 2.24) is 0 Å². The molecule has 1 aliphatic rings. The van der Waals surface area contributed by atoms with Gasteiger partial charge in [-0.1, -0.05) is 31.5 Å². The van der Waals surface area contributed by atoms with E-state index in [-0.39, 0.29) is 11.7 Å². The average molecular weight is 250 g/mol. The van der Waals surface area contributed by atoms with Crippen molar-refractivity contribution < 1.29 is 9.50 Å². The third-order valence-electron chi connectivity index (χ3n) is 4.13. The van der Waals surface area contributed by atoms with Crippen LogP contribution in [0.5, 0.6) is 0 Å². The number of hydrogen-bond donors (Lipinski definition) is 1. The van der Waals surface area contributed by atoms with Gasteiger partial charge >= 0.3 is 0 Å². The van der Waals surface area contributed by atoms with Crippen LogP contribution in [0.2, 0.25) is 0 Å². The number of rotatable bonds is 2. The minimum Gasteiger partial charge on any atom is -0.388 e. The quantitative estimate of drug-likeness (QED) is 0.832. The number of halogens is 1. The summed E-state index contributed by atoms with van der Waals surface area (Å²) in [6.45, 7) is 6.38. The van der Waals surface area contributed by atoms with Gasteiger partial charge in [-0.25, -0.2) is 4.39 Å². The number of benzene rings is 1. The molecule has 0 aliphatic heterocycles. The van der Waals surface area contributed by atoms with Crippen molar-refractivity contribution in [3.63, 3.8) is 0 Å². The lowest BCUT2D eigenvalue weighted by Gasteiger charge is -2.34. The number of aryl methyl sites for hydroxylation is 1. The van der Waals surface area contributed by atoms with E-state index in [1.807, 2.05) is 6.92 Å². The van der Waals surface area contributed by atoms with Crippen LogP contribution in [0.1, 0.15) is 50.3 Å². The second kappa shape index (κ2) is 5.40. The van der Waals surface area contributed by atoms with Crippen LogP contribution in [0.3, 0.4) is 0 Å². The normalized spacial score (nSPS) is 30.2. The zero-order valence-electron chi connectivity index (χ0n) is 11.5. The minimum atomic E-state index is -0.657. The summed E-state index contributed by atoms with van der Waals surface area (Å²) in [7, 11) is 0. The van der Waals surface area contributed by atoms with Crippen molar-refractivity contribution in [2.45, 2.75) is 46.1 Å². The van der Waals surface area contributed by atoms with Crippen molar-refractivity contribution in [2.75, 3.05) is 0 Å². The first kappa shape index (κ1) is 13.5. The zero-order chi connectivity index (χ0) is 13.3. The molecule has 2 rings (SSSR count). The molecule has 100 valence electrons. The van der Waals surface area contributed by atoms with E-state index in [0.29, 0.717) is 17.4 Å². The van der Waals surface area contributed by atoms with Crippen LogP contribution in [-0.2, 0) is 0 Å². The Hall–Kier alpha value is -0.890. The monoisotopic (exact) mass is 250 g/mol. The second-order valence-electron chi connectivity index (χ2n) is 6.15. The molecule has 1 nitrogen and oxygen atoms in total. The summed E-state index contributed by atoms with van der Waals surface area (Å²) in [5.41, 5.74) is 1.48. The smallest absolute Gasteiger partial charge is 0.129 e. The molecule has 1 aromatic carbocycles. The van der Waals surface area contributed by atoms with Gasteiger partial charge in [-0.2, -0.15) is 0 Å². The van der Waals surface area contributed by atoms with Crippen molar-refractivity contribution >= 4 is 0 Å². The molecule has 0 heterocycles. The first-order valence-corrected chi connectivity index (χ1v) is 6.91. The Bertz CT molecular complexity index is 406. The standard InChI is InChI=1S/C16H23FO/c1-10-4-5-15(17)14(9-10)16(18)13-7-11(2)6-12(3)8-13/h4-5,9,11-13,16,18H,6-8H2,1-3H3. The Morgan fingerprint density at radius 1 is 1.17 bits per heavy atom. The van der Waals surface area contributed by atoms with Crippen LogP contribution >= 0.6 is 0 Å². The molecule has 0 aromatic heterocycles. The first-order valence-electron chi connectivity index (χ1n) is 6.91. The molecule has 1 saturated carbocycles. The third kappa shape index (κ3) is 2.92. The fourth-order valence-electron chi connectivity index (χ4n) is 3.41. The molecule has 0 amide bonds. The molecule has 1 N–H and O–H groups in total. The molecule has 1 aliphatic carbocycles. The topological polar surface area (TPSA) is 20.2 Å². The van der Waals surface area contributed by atoms with E-state index in [4.69, 9.17) is 0 Å². The van der Waals surface area contributed by atoms with Crippen LogP contribution in [0.25, 0.3) is 0 Å². The molecular formula is C16H23FO. The van der Waals surface area contributed by atoms with E-state index in [0.717, 1.165) is 18.4 Å². The molecule has 3 unspecified atom stereocenters. The van der Waals surface area contributed by atoms with Crippen molar-refractivity contribution in [3.8, 4) is 0 Å². The van der Waals surface area contributed by atoms with Gasteiger partial charge in [0, 0.05) is 5.56 Å². The molecule has 0 bridgehead atoms. The Morgan fingerprint density at radius 2 is 1.78 bits per heavy atom. The van der Waals surface area contributed by atoms with Crippen LogP contribution in [-0.4, -0.2) is 5.11 Å². The van der Waals surface area contributed by atoms with Gasteiger partial charge in [0.2, 0.25) is 0 Å². The van der Waals surface area contributed by atoms with Crippen molar-refractivity contribution in [3.05, 3.63) is 35.1 Å². The maximum atomic E-state index is 13.8. The number of hydrogen-bond acceptors (Lipinski definition) is 1. The van der Waals surface area contributed by atoms with Crippen molar-refractivity contribution in [1.29, 1.82) is 0 Å². The summed E-state index contributed by atoms with van der Waals surface area (Å²) in [6.07, 6.45) is 2.56. The van der Waals surface area contributed by atoms with Crippen LogP contribution in [0, 0.1) is 30.5 Å². The Kier molecular flexibility index (Phi) is 4.06. The molecule has 0 radical (unpaired) electrons. The van der Waals surface area contributed by atoms with Gasteiger partial charge < -0.3 is 5.11 Å². The first-order chi connectivity index (χ1) is 8.47. The molecule has 1 aromatic rings. The largest absolute Gasteiger partial charge is 0.388 e. The summed E-state index contributed by atoms with van der Waals surface area (Å²) >= 11 is 0. The molecule has 0 spiro atoms. The SMILES string of the molecule is Cc1ccc(F)c(C(O)C2CC(C)CC(C)C2)c1. The highest BCUT2D eigenvalue weighted by molar-refractivity contribution is 5.26. The number of aliphatic hydroxyl groups is 1. The fourth-order valence-corrected chi connectivity index (χ4v) is 3.41. The zero-order valence-corrected chi connectivity index (χ0v) is 11.5. The molecule has 18 heavy (non-hydrogen) atoms. The minimum absolute atomic E-state index is 0.194. The molecular weight excluding hydrogens is 227 g/mol. The van der Waals surface area contributed by atoms with Crippen LogP contribution < -0.4 is 0 Å². The molecule has 0 saturated heterocycles. The highest BCUT2D eigenvalue weighted by atomic mass is 19.1. The highest BCUT2D eigenvalue weighted by Gasteiger charge is 2.30. The molecule has 2 heteroatoms. The van der Waals surface area contributed by atoms with E-state index in [1.165, 1.54) is 12.5 Å². The van der Waals surface area contributed by atoms with Gasteiger partial charge in [0.1, 0.15) is 5.82 Å². The predicted octanol–water partition coefficient (Wildman–Crippen LogP) is 4.24. The maximum absolute atomic E-state index is 13.8. The van der Waals surface area contributed by atoms with E-state index in [1.54, 1.807) is 12.1 Å². The summed E-state index contributed by atoms with van der Waals surface area (Å²) in [5.74, 6) is 1.17. The Balaban J connectivity index is 2.19. The van der Waals surface area contributed by atoms with Gasteiger partial charge in [0.25, 0.3) is 0 Å². The van der Waals surface area contributed by atoms with E-state index in [9.17, 15) is 9.50 Å². The lowest BCUT2D eigenvalue weighted by Crippen LogP contribution is -2.25. The molecule has 3 atom stereocenters. The van der Waals surface area contributed by atoms with Crippen LogP contribution in [0.15, 0.2) is 18.2 Å². The van der Waals surface area contributed by atoms with E-state index < -0.39 is 6.10 Å². The van der Waals surface area contributed by atoms with Crippen molar-refractivity contribution in [2.24, 2.45) is 17.8 Å².